The van der Waals surface area contributed by atoms with E-state index in [2.05, 4.69) is 32.7 Å². The minimum absolute atomic E-state index is 0.598. The molecule has 0 bridgehead atoms. The van der Waals surface area contributed by atoms with Gasteiger partial charge in [0.2, 0.25) is 0 Å². The second-order valence-corrected chi connectivity index (χ2v) is 6.48. The lowest BCUT2D eigenvalue weighted by Crippen LogP contribution is -2.45. The Bertz CT molecular complexity index is 326. The van der Waals surface area contributed by atoms with Crippen molar-refractivity contribution in [3.63, 3.8) is 0 Å². The topological polar surface area (TPSA) is 35.5 Å². The lowest BCUT2D eigenvalue weighted by atomic mass is 10.1. The molecule has 92 valence electrons. The maximum absolute atomic E-state index is 10.1. The fraction of sp³-hybridized carbons (Fsp3) is 0.636. The van der Waals surface area contributed by atoms with E-state index in [0.717, 1.165) is 11.0 Å². The van der Waals surface area contributed by atoms with Crippen molar-refractivity contribution in [2.24, 2.45) is 0 Å². The molecule has 3 nitrogen and oxygen atoms in total. The van der Waals surface area contributed by atoms with Crippen LogP contribution in [0.3, 0.4) is 0 Å². The second kappa shape index (κ2) is 6.12. The Morgan fingerprint density at radius 3 is 2.75 bits per heavy atom. The number of thiophene rings is 1. The first-order valence-electron chi connectivity index (χ1n) is 5.20. The first kappa shape index (κ1) is 14.1. The second-order valence-electron chi connectivity index (χ2n) is 4.57. The maximum Gasteiger partial charge on any atom is 0.0869 e. The number of nitrogens with zero attached hydrogens (tertiary/aromatic N) is 1. The van der Waals surface area contributed by atoms with Crippen molar-refractivity contribution in [3.05, 3.63) is 20.8 Å². The molecule has 0 aliphatic heterocycles. The third-order valence-corrected chi connectivity index (χ3v) is 3.78. The summed E-state index contributed by atoms with van der Waals surface area (Å²) in [5, 5.41) is 15.4. The Labute approximate surface area is 110 Å². The van der Waals surface area contributed by atoms with Gasteiger partial charge < -0.3 is 15.3 Å². The largest absolute Gasteiger partial charge is 0.388 e. The van der Waals surface area contributed by atoms with E-state index < -0.39 is 5.60 Å². The quantitative estimate of drug-likeness (QED) is 0.843. The highest BCUT2D eigenvalue weighted by molar-refractivity contribution is 9.10. The van der Waals surface area contributed by atoms with Crippen LogP contribution < -0.4 is 5.32 Å². The van der Waals surface area contributed by atoms with Crippen LogP contribution >= 0.6 is 27.3 Å². The van der Waals surface area contributed by atoms with E-state index in [1.165, 1.54) is 4.88 Å². The van der Waals surface area contributed by atoms with Gasteiger partial charge in [0.1, 0.15) is 0 Å². The molecule has 5 heteroatoms. The number of hydrogen-bond donors (Lipinski definition) is 2. The van der Waals surface area contributed by atoms with E-state index in [0.29, 0.717) is 13.1 Å². The number of halogens is 1. The summed E-state index contributed by atoms with van der Waals surface area (Å²) in [6, 6.07) is 2.10. The fourth-order valence-corrected chi connectivity index (χ4v) is 3.06. The van der Waals surface area contributed by atoms with Gasteiger partial charge in [0.05, 0.1) is 5.60 Å². The predicted octanol–water partition coefficient (Wildman–Crippen LogP) is 1.91. The van der Waals surface area contributed by atoms with E-state index >= 15 is 0 Å². The molecule has 1 rings (SSSR count). The molecule has 1 atom stereocenters. The van der Waals surface area contributed by atoms with Crippen molar-refractivity contribution in [2.45, 2.75) is 19.1 Å². The highest BCUT2D eigenvalue weighted by atomic mass is 79.9. The third-order valence-electron chi connectivity index (χ3n) is 2.08. The van der Waals surface area contributed by atoms with Crippen molar-refractivity contribution in [3.8, 4) is 0 Å². The molecule has 1 aromatic heterocycles. The van der Waals surface area contributed by atoms with Crippen molar-refractivity contribution < 1.29 is 5.11 Å². The molecule has 0 spiro atoms. The Kier molecular flexibility index (Phi) is 5.40. The third kappa shape index (κ3) is 5.41. The van der Waals surface area contributed by atoms with Gasteiger partial charge in [0.15, 0.2) is 0 Å². The van der Waals surface area contributed by atoms with Crippen LogP contribution in [0.4, 0.5) is 0 Å². The van der Waals surface area contributed by atoms with Gasteiger partial charge in [0, 0.05) is 34.4 Å². The van der Waals surface area contributed by atoms with Gasteiger partial charge in [-0.25, -0.2) is 0 Å². The highest BCUT2D eigenvalue weighted by Crippen LogP contribution is 2.19. The van der Waals surface area contributed by atoms with Gasteiger partial charge in [-0.2, -0.15) is 0 Å². The van der Waals surface area contributed by atoms with Crippen molar-refractivity contribution >= 4 is 27.3 Å². The minimum Gasteiger partial charge on any atom is -0.388 e. The molecule has 0 aliphatic rings. The Balaban J connectivity index is 2.29. The minimum atomic E-state index is -0.683. The molecule has 0 radical (unpaired) electrons. The molecular weight excluding hydrogens is 288 g/mol. The fourth-order valence-electron chi connectivity index (χ4n) is 1.64. The number of aliphatic hydroxyl groups is 1. The molecule has 0 fully saturated rings. The number of nitrogens with one attached hydrogen (secondary N) is 1. The molecule has 1 unspecified atom stereocenters. The zero-order valence-electron chi connectivity index (χ0n) is 9.96. The summed E-state index contributed by atoms with van der Waals surface area (Å²) in [6.07, 6.45) is 0. The van der Waals surface area contributed by atoms with Crippen LogP contribution in [0.25, 0.3) is 0 Å². The van der Waals surface area contributed by atoms with Crippen LogP contribution in [0, 0.1) is 0 Å². The predicted molar refractivity (Wildman–Crippen MR) is 72.9 cm³/mol. The lowest BCUT2D eigenvalue weighted by Gasteiger charge is -2.27. The van der Waals surface area contributed by atoms with Gasteiger partial charge in [-0.05, 0) is 43.0 Å². The zero-order valence-corrected chi connectivity index (χ0v) is 12.4. The summed E-state index contributed by atoms with van der Waals surface area (Å²) in [6.45, 7) is 3.92. The van der Waals surface area contributed by atoms with Gasteiger partial charge in [0.25, 0.3) is 0 Å². The molecule has 0 aromatic carbocycles. The summed E-state index contributed by atoms with van der Waals surface area (Å²) >= 11 is 5.14. The van der Waals surface area contributed by atoms with Crippen molar-refractivity contribution in [1.29, 1.82) is 0 Å². The van der Waals surface area contributed by atoms with Crippen LogP contribution in [0.15, 0.2) is 15.9 Å². The molecule has 1 aromatic rings. The van der Waals surface area contributed by atoms with Gasteiger partial charge in [-0.15, -0.1) is 11.3 Å². The Morgan fingerprint density at radius 2 is 2.25 bits per heavy atom. The maximum atomic E-state index is 10.1. The van der Waals surface area contributed by atoms with Crippen LogP contribution in [-0.4, -0.2) is 42.8 Å². The number of likely N-dealkylation sites (N-methyl/N-ethyl adjacent to an activating group) is 1. The van der Waals surface area contributed by atoms with E-state index in [9.17, 15) is 5.11 Å². The standard InChI is InChI=1S/C11H19BrN2OS/c1-11(15,8-14(2)3)7-13-5-10-4-9(12)6-16-10/h4,6,13,15H,5,7-8H2,1-3H3. The van der Waals surface area contributed by atoms with Crippen molar-refractivity contribution in [2.75, 3.05) is 27.2 Å². The average Bonchev–Trinajstić information content (AvgIpc) is 2.48. The average molecular weight is 307 g/mol. The molecule has 2 N–H and O–H groups in total. The molecule has 0 saturated carbocycles. The first-order chi connectivity index (χ1) is 7.39. The van der Waals surface area contributed by atoms with E-state index in [1.807, 2.05) is 25.9 Å². The summed E-state index contributed by atoms with van der Waals surface area (Å²) in [5.41, 5.74) is -0.683. The molecule has 1 heterocycles. The SMILES string of the molecule is CN(C)CC(C)(O)CNCc1cc(Br)cs1. The Hall–Kier alpha value is 0.0600. The van der Waals surface area contributed by atoms with Crippen LogP contribution in [0.1, 0.15) is 11.8 Å². The normalized spacial score (nSPS) is 15.4. The number of hydrogen-bond acceptors (Lipinski definition) is 4. The number of rotatable bonds is 6. The molecule has 16 heavy (non-hydrogen) atoms. The van der Waals surface area contributed by atoms with Crippen LogP contribution in [-0.2, 0) is 6.54 Å². The molecule has 0 saturated heterocycles. The van der Waals surface area contributed by atoms with Gasteiger partial charge in [-0.1, -0.05) is 0 Å². The van der Waals surface area contributed by atoms with Crippen LogP contribution in [0.2, 0.25) is 0 Å². The van der Waals surface area contributed by atoms with E-state index in [-0.39, 0.29) is 0 Å². The van der Waals surface area contributed by atoms with Crippen molar-refractivity contribution in [1.82, 2.24) is 10.2 Å². The smallest absolute Gasteiger partial charge is 0.0869 e. The van der Waals surface area contributed by atoms with Gasteiger partial charge in [-0.3, -0.25) is 0 Å². The summed E-state index contributed by atoms with van der Waals surface area (Å²) < 4.78 is 1.12. The molecule has 0 aliphatic carbocycles. The summed E-state index contributed by atoms with van der Waals surface area (Å²) in [5.74, 6) is 0. The lowest BCUT2D eigenvalue weighted by molar-refractivity contribution is 0.0336. The van der Waals surface area contributed by atoms with E-state index in [4.69, 9.17) is 0 Å². The molecular formula is C11H19BrN2OS. The monoisotopic (exact) mass is 306 g/mol. The summed E-state index contributed by atoms with van der Waals surface area (Å²) in [7, 11) is 3.93. The first-order valence-corrected chi connectivity index (χ1v) is 6.87. The van der Waals surface area contributed by atoms with E-state index in [1.54, 1.807) is 11.3 Å². The zero-order chi connectivity index (χ0) is 12.2. The van der Waals surface area contributed by atoms with Gasteiger partial charge >= 0.3 is 0 Å². The summed E-state index contributed by atoms with van der Waals surface area (Å²) in [4.78, 5) is 3.26. The highest BCUT2D eigenvalue weighted by Gasteiger charge is 2.20. The van der Waals surface area contributed by atoms with Crippen LogP contribution in [0.5, 0.6) is 0 Å². The molecule has 0 amide bonds. The Morgan fingerprint density at radius 1 is 1.56 bits per heavy atom.